The van der Waals surface area contributed by atoms with Crippen molar-refractivity contribution in [2.75, 3.05) is 24.7 Å². The van der Waals surface area contributed by atoms with E-state index in [0.717, 1.165) is 25.4 Å². The summed E-state index contributed by atoms with van der Waals surface area (Å²) in [6.07, 6.45) is 1.14. The van der Waals surface area contributed by atoms with E-state index in [1.54, 1.807) is 0 Å². The molecule has 1 fully saturated rings. The van der Waals surface area contributed by atoms with Gasteiger partial charge in [-0.25, -0.2) is 0 Å². The molecule has 1 saturated heterocycles. The van der Waals surface area contributed by atoms with E-state index in [4.69, 9.17) is 10.5 Å². The molecule has 1 aliphatic heterocycles. The molecular formula is C10H21NOS. The Labute approximate surface area is 85.6 Å². The maximum atomic E-state index is 5.94. The highest BCUT2D eigenvalue weighted by Crippen LogP contribution is 2.25. The molecule has 1 rings (SSSR count). The Kier molecular flexibility index (Phi) is 5.14. The van der Waals surface area contributed by atoms with Crippen molar-refractivity contribution in [1.82, 2.24) is 0 Å². The first-order chi connectivity index (χ1) is 6.20. The third-order valence-electron chi connectivity index (χ3n) is 2.33. The maximum absolute atomic E-state index is 5.94. The van der Waals surface area contributed by atoms with Crippen molar-refractivity contribution in [3.8, 4) is 0 Å². The van der Waals surface area contributed by atoms with Gasteiger partial charge in [0, 0.05) is 25.0 Å². The molecule has 1 aliphatic rings. The van der Waals surface area contributed by atoms with Gasteiger partial charge in [-0.15, -0.1) is 0 Å². The van der Waals surface area contributed by atoms with Gasteiger partial charge in [0.15, 0.2) is 0 Å². The third kappa shape index (κ3) is 4.34. The Morgan fingerprint density at radius 3 is 2.77 bits per heavy atom. The number of ether oxygens (including phenoxy) is 1. The zero-order chi connectivity index (χ0) is 9.68. The molecule has 2 nitrogen and oxygen atoms in total. The summed E-state index contributed by atoms with van der Waals surface area (Å²) in [5, 5.41) is 0. The second-order valence-electron chi connectivity index (χ2n) is 4.22. The lowest BCUT2D eigenvalue weighted by molar-refractivity contribution is 0.0985. The lowest BCUT2D eigenvalue weighted by atomic mass is 10.0. The minimum absolute atomic E-state index is 0.410. The zero-order valence-electron chi connectivity index (χ0n) is 8.66. The van der Waals surface area contributed by atoms with Gasteiger partial charge in [0.2, 0.25) is 0 Å². The summed E-state index contributed by atoms with van der Waals surface area (Å²) in [5.41, 5.74) is 5.94. The van der Waals surface area contributed by atoms with Gasteiger partial charge < -0.3 is 10.5 Å². The van der Waals surface area contributed by atoms with Crippen LogP contribution in [0.4, 0.5) is 0 Å². The quantitative estimate of drug-likeness (QED) is 0.691. The third-order valence-corrected chi connectivity index (χ3v) is 3.62. The van der Waals surface area contributed by atoms with Crippen molar-refractivity contribution >= 4 is 11.8 Å². The summed E-state index contributed by atoms with van der Waals surface area (Å²) in [6, 6.07) is 0.410. The van der Waals surface area contributed by atoms with E-state index in [9.17, 15) is 0 Å². The molecular weight excluding hydrogens is 182 g/mol. The molecule has 1 heterocycles. The highest BCUT2D eigenvalue weighted by molar-refractivity contribution is 7.99. The highest BCUT2D eigenvalue weighted by Gasteiger charge is 2.23. The second-order valence-corrected chi connectivity index (χ2v) is 5.29. The van der Waals surface area contributed by atoms with Crippen molar-refractivity contribution in [3.63, 3.8) is 0 Å². The van der Waals surface area contributed by atoms with Crippen LogP contribution in [-0.2, 0) is 4.74 Å². The Morgan fingerprint density at radius 1 is 1.46 bits per heavy atom. The first kappa shape index (κ1) is 11.3. The molecule has 0 aromatic carbocycles. The highest BCUT2D eigenvalue weighted by atomic mass is 32.2. The molecule has 0 radical (unpaired) electrons. The summed E-state index contributed by atoms with van der Waals surface area (Å²) >= 11 is 1.97. The normalized spacial score (nSPS) is 28.6. The predicted octanol–water partition coefficient (Wildman–Crippen LogP) is 1.74. The van der Waals surface area contributed by atoms with Crippen LogP contribution in [0.3, 0.4) is 0 Å². The van der Waals surface area contributed by atoms with Gasteiger partial charge in [0.1, 0.15) is 0 Å². The number of hydrogen-bond donors (Lipinski definition) is 1. The fraction of sp³-hybridized carbons (Fsp3) is 1.00. The SMILES string of the molecule is CC(C)COCCC1CSCC1N. The molecule has 0 bridgehead atoms. The van der Waals surface area contributed by atoms with E-state index in [0.29, 0.717) is 17.9 Å². The van der Waals surface area contributed by atoms with E-state index in [1.165, 1.54) is 5.75 Å². The first-order valence-electron chi connectivity index (χ1n) is 5.11. The predicted molar refractivity (Wildman–Crippen MR) is 59.1 cm³/mol. The molecule has 2 atom stereocenters. The molecule has 78 valence electrons. The van der Waals surface area contributed by atoms with Crippen LogP contribution >= 0.6 is 11.8 Å². The summed E-state index contributed by atoms with van der Waals surface area (Å²) in [5.74, 6) is 3.70. The fourth-order valence-electron chi connectivity index (χ4n) is 1.47. The molecule has 0 saturated carbocycles. The largest absolute Gasteiger partial charge is 0.381 e. The first-order valence-corrected chi connectivity index (χ1v) is 6.26. The smallest absolute Gasteiger partial charge is 0.0488 e. The minimum atomic E-state index is 0.410. The van der Waals surface area contributed by atoms with Crippen LogP contribution < -0.4 is 5.73 Å². The van der Waals surface area contributed by atoms with Gasteiger partial charge in [-0.2, -0.15) is 11.8 Å². The van der Waals surface area contributed by atoms with Crippen LogP contribution in [0.25, 0.3) is 0 Å². The molecule has 2 unspecified atom stereocenters. The second kappa shape index (κ2) is 5.89. The van der Waals surface area contributed by atoms with Crippen LogP contribution in [-0.4, -0.2) is 30.8 Å². The number of hydrogen-bond acceptors (Lipinski definition) is 3. The molecule has 2 N–H and O–H groups in total. The Balaban J connectivity index is 1.99. The molecule has 13 heavy (non-hydrogen) atoms. The van der Waals surface area contributed by atoms with Crippen molar-refractivity contribution in [1.29, 1.82) is 0 Å². The van der Waals surface area contributed by atoms with Crippen LogP contribution in [0, 0.1) is 11.8 Å². The fourth-order valence-corrected chi connectivity index (χ4v) is 2.86. The minimum Gasteiger partial charge on any atom is -0.381 e. The van der Waals surface area contributed by atoms with E-state index < -0.39 is 0 Å². The zero-order valence-corrected chi connectivity index (χ0v) is 9.48. The Bertz CT molecular complexity index is 141. The van der Waals surface area contributed by atoms with Gasteiger partial charge in [0.05, 0.1) is 0 Å². The standard InChI is InChI=1S/C10H21NOS/c1-8(2)5-12-4-3-9-6-13-7-10(9)11/h8-10H,3-7,11H2,1-2H3. The topological polar surface area (TPSA) is 35.2 Å². The number of rotatable bonds is 5. The number of thioether (sulfide) groups is 1. The van der Waals surface area contributed by atoms with Crippen molar-refractivity contribution in [2.24, 2.45) is 17.6 Å². The Morgan fingerprint density at radius 2 is 2.23 bits per heavy atom. The van der Waals surface area contributed by atoms with Crippen LogP contribution in [0.5, 0.6) is 0 Å². The summed E-state index contributed by atoms with van der Waals surface area (Å²) in [4.78, 5) is 0. The van der Waals surface area contributed by atoms with E-state index in [2.05, 4.69) is 13.8 Å². The van der Waals surface area contributed by atoms with Gasteiger partial charge in [-0.3, -0.25) is 0 Å². The van der Waals surface area contributed by atoms with E-state index >= 15 is 0 Å². The molecule has 0 spiro atoms. The van der Waals surface area contributed by atoms with Crippen molar-refractivity contribution in [3.05, 3.63) is 0 Å². The Hall–Kier alpha value is 0.270. The lowest BCUT2D eigenvalue weighted by Gasteiger charge is -2.14. The monoisotopic (exact) mass is 203 g/mol. The van der Waals surface area contributed by atoms with Crippen LogP contribution in [0.15, 0.2) is 0 Å². The number of nitrogens with two attached hydrogens (primary N) is 1. The summed E-state index contributed by atoms with van der Waals surface area (Å²) in [7, 11) is 0. The van der Waals surface area contributed by atoms with Gasteiger partial charge >= 0.3 is 0 Å². The van der Waals surface area contributed by atoms with E-state index in [1.807, 2.05) is 11.8 Å². The molecule has 0 aromatic heterocycles. The van der Waals surface area contributed by atoms with Crippen molar-refractivity contribution in [2.45, 2.75) is 26.3 Å². The van der Waals surface area contributed by atoms with E-state index in [-0.39, 0.29) is 0 Å². The maximum Gasteiger partial charge on any atom is 0.0488 e. The van der Waals surface area contributed by atoms with Crippen LogP contribution in [0.2, 0.25) is 0 Å². The average Bonchev–Trinajstić information content (AvgIpc) is 2.45. The molecule has 3 heteroatoms. The summed E-state index contributed by atoms with van der Waals surface area (Å²) < 4.78 is 5.54. The van der Waals surface area contributed by atoms with Crippen molar-refractivity contribution < 1.29 is 4.74 Å². The van der Waals surface area contributed by atoms with Gasteiger partial charge in [0.25, 0.3) is 0 Å². The molecule has 0 aromatic rings. The van der Waals surface area contributed by atoms with Gasteiger partial charge in [-0.1, -0.05) is 13.8 Å². The summed E-state index contributed by atoms with van der Waals surface area (Å²) in [6.45, 7) is 6.13. The molecule has 0 aliphatic carbocycles. The lowest BCUT2D eigenvalue weighted by Crippen LogP contribution is -2.29. The van der Waals surface area contributed by atoms with Gasteiger partial charge in [-0.05, 0) is 24.0 Å². The van der Waals surface area contributed by atoms with Crippen LogP contribution in [0.1, 0.15) is 20.3 Å². The average molecular weight is 203 g/mol. The molecule has 0 amide bonds.